The Labute approximate surface area is 163 Å². The fourth-order valence-electron chi connectivity index (χ4n) is 2.62. The molecular formula is C18H21ClN6S. The fraction of sp³-hybridized carbons (Fsp3) is 0.278. The predicted octanol–water partition coefficient (Wildman–Crippen LogP) is 3.63. The lowest BCUT2D eigenvalue weighted by molar-refractivity contribution is 0.471. The number of benzene rings is 1. The molecule has 0 saturated heterocycles. The first-order chi connectivity index (χ1) is 12.6. The van der Waals surface area contributed by atoms with E-state index in [0.29, 0.717) is 24.0 Å². The van der Waals surface area contributed by atoms with Crippen molar-refractivity contribution in [2.75, 3.05) is 12.4 Å². The quantitative estimate of drug-likeness (QED) is 0.653. The summed E-state index contributed by atoms with van der Waals surface area (Å²) < 4.78 is 3.79. The van der Waals surface area contributed by atoms with Gasteiger partial charge in [0.05, 0.1) is 18.8 Å². The van der Waals surface area contributed by atoms with E-state index in [4.69, 9.17) is 23.8 Å². The monoisotopic (exact) mass is 388 g/mol. The highest BCUT2D eigenvalue weighted by molar-refractivity contribution is 7.80. The number of rotatable bonds is 6. The number of thiocarbonyl (C=S) groups is 1. The summed E-state index contributed by atoms with van der Waals surface area (Å²) in [5.74, 6) is 0.706. The molecule has 8 heteroatoms. The maximum atomic E-state index is 6.21. The molecule has 1 aromatic carbocycles. The van der Waals surface area contributed by atoms with E-state index in [1.807, 2.05) is 63.9 Å². The van der Waals surface area contributed by atoms with E-state index in [1.54, 1.807) is 6.20 Å². The minimum Gasteiger partial charge on any atom is -0.346 e. The zero-order chi connectivity index (χ0) is 18.5. The molecule has 0 unspecified atom stereocenters. The summed E-state index contributed by atoms with van der Waals surface area (Å²) in [5.41, 5.74) is 2.14. The van der Waals surface area contributed by atoms with Gasteiger partial charge in [-0.3, -0.25) is 9.36 Å². The van der Waals surface area contributed by atoms with Gasteiger partial charge in [0.25, 0.3) is 0 Å². The maximum Gasteiger partial charge on any atom is 0.174 e. The topological polar surface area (TPSA) is 50.9 Å². The summed E-state index contributed by atoms with van der Waals surface area (Å²) in [5, 5.41) is 13.3. The summed E-state index contributed by atoms with van der Waals surface area (Å²) in [6.45, 7) is 4.20. The number of nitrogens with one attached hydrogen (secondary N) is 1. The minimum absolute atomic E-state index is 0.608. The van der Waals surface area contributed by atoms with E-state index in [-0.39, 0.29) is 0 Å². The molecule has 0 aliphatic rings. The third kappa shape index (κ3) is 4.42. The molecule has 2 heterocycles. The van der Waals surface area contributed by atoms with Crippen LogP contribution in [-0.4, -0.2) is 36.6 Å². The standard InChI is InChI=1S/C18H21ClN6S/c1-3-25-15(8-10-20-25)13-23(2)18(26)21-17-9-11-24(22-17)12-14-6-4-5-7-16(14)19/h4-11H,3,12-13H2,1-2H3,(H,21,22,26). The van der Waals surface area contributed by atoms with Crippen LogP contribution in [0.25, 0.3) is 0 Å². The second kappa shape index (κ2) is 8.33. The number of aryl methyl sites for hydroxylation is 1. The van der Waals surface area contributed by atoms with Crippen LogP contribution < -0.4 is 5.32 Å². The summed E-state index contributed by atoms with van der Waals surface area (Å²) in [6.07, 6.45) is 3.71. The first kappa shape index (κ1) is 18.4. The average molecular weight is 389 g/mol. The number of hydrogen-bond donors (Lipinski definition) is 1. The van der Waals surface area contributed by atoms with Gasteiger partial charge in [-0.2, -0.15) is 10.2 Å². The van der Waals surface area contributed by atoms with Crippen LogP contribution in [0.2, 0.25) is 5.02 Å². The molecule has 2 aromatic heterocycles. The van der Waals surface area contributed by atoms with Gasteiger partial charge >= 0.3 is 0 Å². The fourth-order valence-corrected chi connectivity index (χ4v) is 2.98. The largest absolute Gasteiger partial charge is 0.346 e. The van der Waals surface area contributed by atoms with Crippen molar-refractivity contribution < 1.29 is 0 Å². The second-order valence-corrected chi connectivity index (χ2v) is 6.71. The summed E-state index contributed by atoms with van der Waals surface area (Å²) >= 11 is 11.7. The molecule has 0 fully saturated rings. The molecule has 0 radical (unpaired) electrons. The van der Waals surface area contributed by atoms with Gasteiger partial charge in [0.2, 0.25) is 0 Å². The van der Waals surface area contributed by atoms with Gasteiger partial charge < -0.3 is 10.2 Å². The van der Waals surface area contributed by atoms with E-state index in [0.717, 1.165) is 22.8 Å². The molecule has 0 aliphatic heterocycles. The van der Waals surface area contributed by atoms with Crippen molar-refractivity contribution in [2.45, 2.75) is 26.6 Å². The number of nitrogens with zero attached hydrogens (tertiary/aromatic N) is 5. The molecule has 0 atom stereocenters. The lowest BCUT2D eigenvalue weighted by Crippen LogP contribution is -2.31. The van der Waals surface area contributed by atoms with Gasteiger partial charge in [0.1, 0.15) is 0 Å². The Kier molecular flexibility index (Phi) is 5.90. The lowest BCUT2D eigenvalue weighted by Gasteiger charge is -2.20. The van der Waals surface area contributed by atoms with Crippen LogP contribution in [0.15, 0.2) is 48.8 Å². The molecule has 3 aromatic rings. The van der Waals surface area contributed by atoms with Crippen molar-refractivity contribution in [1.82, 2.24) is 24.5 Å². The highest BCUT2D eigenvalue weighted by Gasteiger charge is 2.10. The molecule has 26 heavy (non-hydrogen) atoms. The average Bonchev–Trinajstić information content (AvgIpc) is 3.26. The third-order valence-corrected chi connectivity index (χ3v) is 4.80. The van der Waals surface area contributed by atoms with Crippen LogP contribution in [0.1, 0.15) is 18.2 Å². The second-order valence-electron chi connectivity index (χ2n) is 5.91. The smallest absolute Gasteiger partial charge is 0.174 e. The van der Waals surface area contributed by atoms with E-state index in [9.17, 15) is 0 Å². The Morgan fingerprint density at radius 3 is 2.85 bits per heavy atom. The predicted molar refractivity (Wildman–Crippen MR) is 108 cm³/mol. The summed E-state index contributed by atoms with van der Waals surface area (Å²) in [6, 6.07) is 11.7. The van der Waals surface area contributed by atoms with Crippen LogP contribution in [0.3, 0.4) is 0 Å². The molecule has 0 amide bonds. The van der Waals surface area contributed by atoms with Crippen LogP contribution in [0.4, 0.5) is 5.82 Å². The van der Waals surface area contributed by atoms with E-state index >= 15 is 0 Å². The van der Waals surface area contributed by atoms with E-state index < -0.39 is 0 Å². The van der Waals surface area contributed by atoms with Crippen molar-refractivity contribution in [1.29, 1.82) is 0 Å². The molecule has 0 bridgehead atoms. The minimum atomic E-state index is 0.608. The van der Waals surface area contributed by atoms with Crippen molar-refractivity contribution in [3.05, 3.63) is 65.1 Å². The first-order valence-electron chi connectivity index (χ1n) is 8.36. The Bertz CT molecular complexity index is 887. The molecule has 0 aliphatic carbocycles. The van der Waals surface area contributed by atoms with Crippen molar-refractivity contribution in [3.8, 4) is 0 Å². The highest BCUT2D eigenvalue weighted by Crippen LogP contribution is 2.16. The molecule has 6 nitrogen and oxygen atoms in total. The van der Waals surface area contributed by atoms with Crippen molar-refractivity contribution in [3.63, 3.8) is 0 Å². The number of anilines is 1. The zero-order valence-corrected chi connectivity index (χ0v) is 16.3. The zero-order valence-electron chi connectivity index (χ0n) is 14.8. The van der Waals surface area contributed by atoms with Gasteiger partial charge in [-0.05, 0) is 36.8 Å². The molecule has 136 valence electrons. The Hall–Kier alpha value is -2.38. The van der Waals surface area contributed by atoms with Gasteiger partial charge in [0, 0.05) is 37.1 Å². The number of aromatic nitrogens is 4. The number of hydrogen-bond acceptors (Lipinski definition) is 3. The van der Waals surface area contributed by atoms with Gasteiger partial charge in [-0.15, -0.1) is 0 Å². The van der Waals surface area contributed by atoms with Crippen LogP contribution in [-0.2, 0) is 19.6 Å². The molecule has 3 rings (SSSR count). The van der Waals surface area contributed by atoms with Gasteiger partial charge in [0.15, 0.2) is 10.9 Å². The number of halogens is 1. The highest BCUT2D eigenvalue weighted by atomic mass is 35.5. The Morgan fingerprint density at radius 1 is 1.27 bits per heavy atom. The van der Waals surface area contributed by atoms with Crippen LogP contribution >= 0.6 is 23.8 Å². The SMILES string of the molecule is CCn1nccc1CN(C)C(=S)Nc1ccn(Cc2ccccc2Cl)n1. The first-order valence-corrected chi connectivity index (χ1v) is 9.15. The van der Waals surface area contributed by atoms with Crippen molar-refractivity contribution in [2.24, 2.45) is 0 Å². The van der Waals surface area contributed by atoms with Gasteiger partial charge in [-0.1, -0.05) is 29.8 Å². The summed E-state index contributed by atoms with van der Waals surface area (Å²) in [4.78, 5) is 1.96. The molecule has 0 spiro atoms. The Balaban J connectivity index is 1.59. The normalized spacial score (nSPS) is 10.7. The molecular weight excluding hydrogens is 368 g/mol. The van der Waals surface area contributed by atoms with Crippen molar-refractivity contribution >= 4 is 34.7 Å². The summed E-state index contributed by atoms with van der Waals surface area (Å²) in [7, 11) is 1.95. The van der Waals surface area contributed by atoms with Gasteiger partial charge in [-0.25, -0.2) is 0 Å². The maximum absolute atomic E-state index is 6.21. The van der Waals surface area contributed by atoms with Crippen LogP contribution in [0.5, 0.6) is 0 Å². The lowest BCUT2D eigenvalue weighted by atomic mass is 10.2. The van der Waals surface area contributed by atoms with E-state index in [1.165, 1.54) is 0 Å². The third-order valence-electron chi connectivity index (χ3n) is 4.02. The van der Waals surface area contributed by atoms with Crippen LogP contribution in [0, 0.1) is 0 Å². The Morgan fingerprint density at radius 2 is 2.08 bits per heavy atom. The molecule has 0 saturated carbocycles. The van der Waals surface area contributed by atoms with E-state index in [2.05, 4.69) is 22.4 Å². The molecule has 1 N–H and O–H groups in total.